The second-order valence-electron chi connectivity index (χ2n) is 5.11. The zero-order valence-corrected chi connectivity index (χ0v) is 14.0. The first kappa shape index (κ1) is 17.2. The number of methoxy groups -OCH3 is 1. The van der Waals surface area contributed by atoms with E-state index in [0.717, 1.165) is 16.9 Å². The van der Waals surface area contributed by atoms with Crippen molar-refractivity contribution in [2.75, 3.05) is 20.3 Å². The Labute approximate surface area is 141 Å². The number of carbonyl (C=O) groups is 1. The number of hydrogen-bond acceptors (Lipinski definition) is 3. The molecule has 122 valence electrons. The Morgan fingerprint density at radius 1 is 1.17 bits per heavy atom. The number of rotatable bonds is 7. The molecule has 5 heteroatoms. The number of amides is 1. The van der Waals surface area contributed by atoms with Crippen LogP contribution in [0, 0.1) is 6.92 Å². The number of para-hydroxylation sites is 1. The number of benzene rings is 2. The molecule has 0 radical (unpaired) electrons. The molecule has 0 aromatic heterocycles. The predicted octanol–water partition coefficient (Wildman–Crippen LogP) is 3.39. The summed E-state index contributed by atoms with van der Waals surface area (Å²) in [6.07, 6.45) is 0.330. The largest absolute Gasteiger partial charge is 0.496 e. The van der Waals surface area contributed by atoms with Gasteiger partial charge in [0, 0.05) is 0 Å². The fourth-order valence-electron chi connectivity index (χ4n) is 2.21. The van der Waals surface area contributed by atoms with Crippen LogP contribution in [0.1, 0.15) is 11.1 Å². The molecule has 0 bridgehead atoms. The molecule has 0 spiro atoms. The number of carbonyl (C=O) groups excluding carboxylic acids is 1. The highest BCUT2D eigenvalue weighted by Crippen LogP contribution is 2.22. The van der Waals surface area contributed by atoms with E-state index >= 15 is 0 Å². The number of nitrogens with one attached hydrogen (secondary N) is 1. The van der Waals surface area contributed by atoms with Gasteiger partial charge in [0.15, 0.2) is 0 Å². The van der Waals surface area contributed by atoms with Crippen molar-refractivity contribution in [2.24, 2.45) is 0 Å². The van der Waals surface area contributed by atoms with Gasteiger partial charge in [0.05, 0.1) is 25.1 Å². The van der Waals surface area contributed by atoms with Crippen LogP contribution in [0.25, 0.3) is 0 Å². The second-order valence-corrected chi connectivity index (χ2v) is 5.52. The molecule has 0 fully saturated rings. The fourth-order valence-corrected chi connectivity index (χ4v) is 2.40. The molecule has 4 nitrogen and oxygen atoms in total. The maximum absolute atomic E-state index is 11.9. The van der Waals surface area contributed by atoms with E-state index in [1.54, 1.807) is 19.2 Å². The van der Waals surface area contributed by atoms with Crippen LogP contribution < -0.4 is 14.8 Å². The Kier molecular flexibility index (Phi) is 6.29. The van der Waals surface area contributed by atoms with Gasteiger partial charge in [0.2, 0.25) is 5.91 Å². The van der Waals surface area contributed by atoms with Crippen LogP contribution in [0.5, 0.6) is 11.5 Å². The van der Waals surface area contributed by atoms with Gasteiger partial charge in [0.25, 0.3) is 0 Å². The minimum absolute atomic E-state index is 0.0441. The van der Waals surface area contributed by atoms with Crippen molar-refractivity contribution in [1.82, 2.24) is 5.32 Å². The molecule has 0 saturated heterocycles. The first-order valence-corrected chi connectivity index (χ1v) is 7.75. The van der Waals surface area contributed by atoms with E-state index in [1.807, 2.05) is 37.3 Å². The molecule has 0 aliphatic heterocycles. The predicted molar refractivity (Wildman–Crippen MR) is 91.4 cm³/mol. The smallest absolute Gasteiger partial charge is 0.224 e. The van der Waals surface area contributed by atoms with Crippen LogP contribution in [0.3, 0.4) is 0 Å². The number of hydrogen-bond donors (Lipinski definition) is 1. The number of aryl methyl sites for hydroxylation is 1. The fraction of sp³-hybridized carbons (Fsp3) is 0.278. The molecule has 0 heterocycles. The van der Waals surface area contributed by atoms with Crippen molar-refractivity contribution in [3.05, 3.63) is 58.6 Å². The van der Waals surface area contributed by atoms with Crippen molar-refractivity contribution in [1.29, 1.82) is 0 Å². The lowest BCUT2D eigenvalue weighted by Crippen LogP contribution is -2.29. The Morgan fingerprint density at radius 3 is 2.65 bits per heavy atom. The highest BCUT2D eigenvalue weighted by Gasteiger charge is 2.06. The normalized spacial score (nSPS) is 10.2. The van der Waals surface area contributed by atoms with Crippen LogP contribution in [0.4, 0.5) is 0 Å². The number of halogens is 1. The summed E-state index contributed by atoms with van der Waals surface area (Å²) >= 11 is 5.99. The summed E-state index contributed by atoms with van der Waals surface area (Å²) in [6.45, 7) is 2.76. The summed E-state index contributed by atoms with van der Waals surface area (Å²) in [6, 6.07) is 13.0. The molecular formula is C18H20ClNO3. The quantitative estimate of drug-likeness (QED) is 0.790. The lowest BCUT2D eigenvalue weighted by molar-refractivity contribution is -0.120. The van der Waals surface area contributed by atoms with E-state index in [2.05, 4.69) is 5.32 Å². The average molecular weight is 334 g/mol. The Bertz CT molecular complexity index is 673. The summed E-state index contributed by atoms with van der Waals surface area (Å²) in [5.41, 5.74) is 1.97. The third-order valence-electron chi connectivity index (χ3n) is 3.34. The highest BCUT2D eigenvalue weighted by atomic mass is 35.5. The third kappa shape index (κ3) is 5.18. The Balaban J connectivity index is 1.75. The molecule has 2 aromatic rings. The van der Waals surface area contributed by atoms with E-state index in [9.17, 15) is 4.79 Å². The van der Waals surface area contributed by atoms with Gasteiger partial charge in [-0.1, -0.05) is 35.9 Å². The summed E-state index contributed by atoms with van der Waals surface area (Å²) < 4.78 is 10.7. The second kappa shape index (κ2) is 8.44. The lowest BCUT2D eigenvalue weighted by atomic mass is 10.1. The van der Waals surface area contributed by atoms with E-state index < -0.39 is 0 Å². The van der Waals surface area contributed by atoms with Gasteiger partial charge in [-0.25, -0.2) is 0 Å². The Hall–Kier alpha value is -2.20. The first-order valence-electron chi connectivity index (χ1n) is 7.37. The van der Waals surface area contributed by atoms with Crippen LogP contribution in [-0.4, -0.2) is 26.2 Å². The summed E-state index contributed by atoms with van der Waals surface area (Å²) in [7, 11) is 1.63. The van der Waals surface area contributed by atoms with Crippen LogP contribution in [-0.2, 0) is 11.2 Å². The molecule has 2 aromatic carbocycles. The summed E-state index contributed by atoms with van der Waals surface area (Å²) in [4.78, 5) is 11.9. The molecule has 1 N–H and O–H groups in total. The summed E-state index contributed by atoms with van der Waals surface area (Å²) in [5.74, 6) is 1.40. The van der Waals surface area contributed by atoms with E-state index in [0.29, 0.717) is 30.3 Å². The molecule has 0 aliphatic carbocycles. The van der Waals surface area contributed by atoms with Crippen molar-refractivity contribution < 1.29 is 14.3 Å². The maximum Gasteiger partial charge on any atom is 0.224 e. The highest BCUT2D eigenvalue weighted by molar-refractivity contribution is 6.32. The van der Waals surface area contributed by atoms with Gasteiger partial charge in [0.1, 0.15) is 18.1 Å². The van der Waals surface area contributed by atoms with Gasteiger partial charge < -0.3 is 14.8 Å². The first-order chi connectivity index (χ1) is 11.1. The van der Waals surface area contributed by atoms with Crippen LogP contribution in [0.2, 0.25) is 5.02 Å². The van der Waals surface area contributed by atoms with Crippen molar-refractivity contribution in [3.8, 4) is 11.5 Å². The minimum atomic E-state index is -0.0441. The lowest BCUT2D eigenvalue weighted by Gasteiger charge is -2.10. The van der Waals surface area contributed by atoms with E-state index in [4.69, 9.17) is 21.1 Å². The molecule has 2 rings (SSSR count). The van der Waals surface area contributed by atoms with Crippen molar-refractivity contribution >= 4 is 17.5 Å². The van der Waals surface area contributed by atoms with Crippen LogP contribution >= 0.6 is 11.6 Å². The molecule has 23 heavy (non-hydrogen) atoms. The zero-order chi connectivity index (χ0) is 16.7. The topological polar surface area (TPSA) is 47.6 Å². The van der Waals surface area contributed by atoms with E-state index in [1.165, 1.54) is 0 Å². The van der Waals surface area contributed by atoms with Gasteiger partial charge in [-0.2, -0.15) is 0 Å². The van der Waals surface area contributed by atoms with Gasteiger partial charge >= 0.3 is 0 Å². The molecule has 0 saturated carbocycles. The van der Waals surface area contributed by atoms with Crippen molar-refractivity contribution in [2.45, 2.75) is 13.3 Å². The zero-order valence-electron chi connectivity index (χ0n) is 13.3. The molecule has 0 unspecified atom stereocenters. The maximum atomic E-state index is 11.9. The Morgan fingerprint density at radius 2 is 1.96 bits per heavy atom. The summed E-state index contributed by atoms with van der Waals surface area (Å²) in [5, 5.41) is 3.39. The average Bonchev–Trinajstić information content (AvgIpc) is 2.53. The van der Waals surface area contributed by atoms with Gasteiger partial charge in [-0.05, 0) is 36.2 Å². The third-order valence-corrected chi connectivity index (χ3v) is 3.65. The SMILES string of the molecule is COc1ccc(CC(=O)NCCOc2ccccc2Cl)cc1C. The van der Waals surface area contributed by atoms with Gasteiger partial charge in [-0.3, -0.25) is 4.79 Å². The van der Waals surface area contributed by atoms with Crippen LogP contribution in [0.15, 0.2) is 42.5 Å². The number of ether oxygens (including phenoxy) is 2. The molecule has 0 aliphatic rings. The monoisotopic (exact) mass is 333 g/mol. The molecule has 1 amide bonds. The minimum Gasteiger partial charge on any atom is -0.496 e. The van der Waals surface area contributed by atoms with E-state index in [-0.39, 0.29) is 5.91 Å². The van der Waals surface area contributed by atoms with Crippen molar-refractivity contribution in [3.63, 3.8) is 0 Å². The standard InChI is InChI=1S/C18H20ClNO3/c1-13-11-14(7-8-16(13)22-2)12-18(21)20-9-10-23-17-6-4-3-5-15(17)19/h3-8,11H,9-10,12H2,1-2H3,(H,20,21). The molecular weight excluding hydrogens is 314 g/mol. The molecule has 0 atom stereocenters. The van der Waals surface area contributed by atoms with Gasteiger partial charge in [-0.15, -0.1) is 0 Å².